The van der Waals surface area contributed by atoms with Crippen molar-refractivity contribution < 1.29 is 33.2 Å². The highest BCUT2D eigenvalue weighted by molar-refractivity contribution is 5.84. The lowest BCUT2D eigenvalue weighted by atomic mass is 10.1. The lowest BCUT2D eigenvalue weighted by Gasteiger charge is -2.19. The van der Waals surface area contributed by atoms with Crippen molar-refractivity contribution in [3.05, 3.63) is 73.1 Å². The molecule has 244 valence electrons. The van der Waals surface area contributed by atoms with Crippen LogP contribution in [0.15, 0.2) is 73.1 Å². The first kappa shape index (κ1) is 34.5. The number of para-hydroxylation sites is 2. The van der Waals surface area contributed by atoms with Gasteiger partial charge < -0.3 is 33.2 Å². The zero-order valence-corrected chi connectivity index (χ0v) is 26.6. The molecule has 0 spiro atoms. The maximum absolute atomic E-state index is 6.17. The number of unbranched alkanes of at least 4 members (excludes halogenated alkanes) is 3. The average molecular weight is 621 g/mol. The number of benzene rings is 2. The Morgan fingerprint density at radius 1 is 0.533 bits per heavy atom. The second-order valence-electron chi connectivity index (χ2n) is 10.6. The molecule has 1 atom stereocenters. The van der Waals surface area contributed by atoms with E-state index in [-0.39, 0.29) is 6.10 Å². The van der Waals surface area contributed by atoms with Crippen LogP contribution in [0.5, 0.6) is 11.5 Å². The van der Waals surface area contributed by atoms with Gasteiger partial charge in [0.2, 0.25) is 0 Å². The van der Waals surface area contributed by atoms with Crippen LogP contribution in [-0.2, 0) is 23.7 Å². The normalized spacial score (nSPS) is 12.1. The molecule has 0 aliphatic rings. The number of hydrogen-bond donors (Lipinski definition) is 0. The summed E-state index contributed by atoms with van der Waals surface area (Å²) in [6.45, 7) is 7.74. The molecule has 4 aromatic rings. The van der Waals surface area contributed by atoms with E-state index < -0.39 is 0 Å². The average Bonchev–Trinajstić information content (AvgIpc) is 3.08. The maximum Gasteiger partial charge on any atom is 0.145 e. The Balaban J connectivity index is 0.973. The van der Waals surface area contributed by atoms with Gasteiger partial charge in [-0.05, 0) is 30.7 Å². The van der Waals surface area contributed by atoms with Crippen LogP contribution >= 0.6 is 0 Å². The molecular formula is C36H48N2O7. The summed E-state index contributed by atoms with van der Waals surface area (Å²) in [6, 6.07) is 19.8. The lowest BCUT2D eigenvalue weighted by molar-refractivity contribution is -0.0342. The van der Waals surface area contributed by atoms with Gasteiger partial charge in [0.25, 0.3) is 0 Å². The van der Waals surface area contributed by atoms with E-state index in [1.165, 1.54) is 19.3 Å². The van der Waals surface area contributed by atoms with Gasteiger partial charge in [-0.15, -0.1) is 0 Å². The monoisotopic (exact) mass is 620 g/mol. The van der Waals surface area contributed by atoms with E-state index in [2.05, 4.69) is 16.9 Å². The highest BCUT2D eigenvalue weighted by atomic mass is 16.6. The van der Waals surface area contributed by atoms with Gasteiger partial charge in [0.1, 0.15) is 35.7 Å². The highest BCUT2D eigenvalue weighted by Gasteiger charge is 2.12. The molecule has 2 aromatic carbocycles. The molecule has 9 heteroatoms. The van der Waals surface area contributed by atoms with Gasteiger partial charge in [-0.25, -0.2) is 0 Å². The van der Waals surface area contributed by atoms with Crippen molar-refractivity contribution >= 4 is 21.8 Å². The molecule has 0 aliphatic carbocycles. The summed E-state index contributed by atoms with van der Waals surface area (Å²) in [7, 11) is 0. The Kier molecular flexibility index (Phi) is 16.4. The van der Waals surface area contributed by atoms with Crippen molar-refractivity contribution in [1.82, 2.24) is 9.97 Å². The summed E-state index contributed by atoms with van der Waals surface area (Å²) >= 11 is 0. The zero-order valence-electron chi connectivity index (χ0n) is 26.6. The molecule has 9 nitrogen and oxygen atoms in total. The van der Waals surface area contributed by atoms with Crippen LogP contribution < -0.4 is 9.47 Å². The van der Waals surface area contributed by atoms with Crippen molar-refractivity contribution in [1.29, 1.82) is 0 Å². The van der Waals surface area contributed by atoms with E-state index in [1.54, 1.807) is 12.4 Å². The lowest BCUT2D eigenvalue weighted by Crippen LogP contribution is -2.24. The van der Waals surface area contributed by atoms with Crippen molar-refractivity contribution in [3.8, 4) is 11.5 Å². The molecule has 0 fully saturated rings. The number of hydrogen-bond acceptors (Lipinski definition) is 9. The molecule has 0 saturated heterocycles. The molecule has 0 N–H and O–H groups in total. The van der Waals surface area contributed by atoms with Crippen LogP contribution in [0.3, 0.4) is 0 Å². The number of pyridine rings is 2. The summed E-state index contributed by atoms with van der Waals surface area (Å²) in [6.07, 6.45) is 9.31. The molecule has 45 heavy (non-hydrogen) atoms. The van der Waals surface area contributed by atoms with Crippen LogP contribution in [0.1, 0.15) is 39.0 Å². The fourth-order valence-electron chi connectivity index (χ4n) is 4.83. The third-order valence-corrected chi connectivity index (χ3v) is 7.18. The summed E-state index contributed by atoms with van der Waals surface area (Å²) in [5.41, 5.74) is 1.74. The van der Waals surface area contributed by atoms with Crippen LogP contribution in [0.4, 0.5) is 0 Å². The van der Waals surface area contributed by atoms with Crippen LogP contribution in [0.25, 0.3) is 21.8 Å². The minimum Gasteiger partial charge on any atom is -0.489 e. The number of fused-ring (bicyclic) bond motifs is 2. The Morgan fingerprint density at radius 2 is 1.04 bits per heavy atom. The van der Waals surface area contributed by atoms with Crippen molar-refractivity contribution in [2.45, 2.75) is 45.1 Å². The van der Waals surface area contributed by atoms with Crippen LogP contribution in [0.2, 0.25) is 0 Å². The first-order valence-corrected chi connectivity index (χ1v) is 16.2. The summed E-state index contributed by atoms with van der Waals surface area (Å²) in [4.78, 5) is 8.88. The quantitative estimate of drug-likeness (QED) is 0.0754. The van der Waals surface area contributed by atoms with Crippen molar-refractivity contribution in [2.24, 2.45) is 0 Å². The molecule has 0 radical (unpaired) electrons. The SMILES string of the molecule is CCCCCCC(COc1cccc2cccnc12)OCCOCCOCCOCCOCCOc1cccc2cccnc12. The highest BCUT2D eigenvalue weighted by Crippen LogP contribution is 2.24. The van der Waals surface area contributed by atoms with Gasteiger partial charge in [0.05, 0.1) is 65.6 Å². The predicted octanol–water partition coefficient (Wildman–Crippen LogP) is 6.66. The smallest absolute Gasteiger partial charge is 0.145 e. The molecule has 0 bridgehead atoms. The molecule has 0 amide bonds. The van der Waals surface area contributed by atoms with Gasteiger partial charge in [-0.1, -0.05) is 69.0 Å². The predicted molar refractivity (Wildman–Crippen MR) is 176 cm³/mol. The van der Waals surface area contributed by atoms with E-state index in [9.17, 15) is 0 Å². The summed E-state index contributed by atoms with van der Waals surface area (Å²) in [5.74, 6) is 1.56. The van der Waals surface area contributed by atoms with E-state index in [4.69, 9.17) is 33.2 Å². The fourth-order valence-corrected chi connectivity index (χ4v) is 4.83. The second-order valence-corrected chi connectivity index (χ2v) is 10.6. The molecular weight excluding hydrogens is 572 g/mol. The molecule has 2 aromatic heterocycles. The first-order chi connectivity index (χ1) is 22.3. The maximum atomic E-state index is 6.17. The van der Waals surface area contributed by atoms with E-state index in [0.29, 0.717) is 72.7 Å². The molecule has 1 unspecified atom stereocenters. The molecule has 0 aliphatic heterocycles. The van der Waals surface area contributed by atoms with Gasteiger partial charge in [-0.2, -0.15) is 0 Å². The van der Waals surface area contributed by atoms with E-state index in [0.717, 1.165) is 46.1 Å². The summed E-state index contributed by atoms with van der Waals surface area (Å²) in [5, 5.41) is 2.13. The molecule has 0 saturated carbocycles. The number of aromatic nitrogens is 2. The Morgan fingerprint density at radius 3 is 1.62 bits per heavy atom. The Bertz CT molecular complexity index is 1340. The van der Waals surface area contributed by atoms with E-state index in [1.807, 2.05) is 60.7 Å². The molecule has 4 rings (SSSR count). The Labute approximate surface area is 267 Å². The third kappa shape index (κ3) is 12.9. The number of nitrogens with zero attached hydrogens (tertiary/aromatic N) is 2. The van der Waals surface area contributed by atoms with Crippen molar-refractivity contribution in [2.75, 3.05) is 72.7 Å². The summed E-state index contributed by atoms with van der Waals surface area (Å²) < 4.78 is 40.6. The molecule has 2 heterocycles. The van der Waals surface area contributed by atoms with Crippen LogP contribution in [-0.4, -0.2) is 88.7 Å². The van der Waals surface area contributed by atoms with Crippen LogP contribution in [0, 0.1) is 0 Å². The van der Waals surface area contributed by atoms with E-state index >= 15 is 0 Å². The number of ether oxygens (including phenoxy) is 7. The van der Waals surface area contributed by atoms with Gasteiger partial charge in [-0.3, -0.25) is 9.97 Å². The largest absolute Gasteiger partial charge is 0.489 e. The first-order valence-electron chi connectivity index (χ1n) is 16.2. The van der Waals surface area contributed by atoms with Gasteiger partial charge in [0, 0.05) is 23.2 Å². The minimum absolute atomic E-state index is 0.0100. The van der Waals surface area contributed by atoms with Gasteiger partial charge in [0.15, 0.2) is 0 Å². The minimum atomic E-state index is 0.0100. The standard InChI is InChI=1S/C36H48N2O7/c1-2-3-4-5-14-32(29-45-34-16-7-11-31-13-9-18-38-36(31)34)43-27-25-41-23-21-39-19-20-40-22-24-42-26-28-44-33-15-6-10-30-12-8-17-37-35(30)33/h6-13,15-18,32H,2-5,14,19-29H2,1H3. The third-order valence-electron chi connectivity index (χ3n) is 7.18. The Hall–Kier alpha value is -3.34. The fraction of sp³-hybridized carbons (Fsp3) is 0.500. The van der Waals surface area contributed by atoms with Crippen molar-refractivity contribution in [3.63, 3.8) is 0 Å². The zero-order chi connectivity index (χ0) is 31.2. The van der Waals surface area contributed by atoms with Gasteiger partial charge >= 0.3 is 0 Å². The topological polar surface area (TPSA) is 90.4 Å². The number of rotatable bonds is 25. The second kappa shape index (κ2) is 21.4.